The average Bonchev–Trinajstić information content (AvgIpc) is 2.84. The molecule has 174 valence electrons. The van der Waals surface area contributed by atoms with E-state index < -0.39 is 16.0 Å². The summed E-state index contributed by atoms with van der Waals surface area (Å²) in [5.41, 5.74) is 1.43. The molecule has 4 aromatic carbocycles. The standard InChI is InChI=1S/C27H19ClN2O4S/c1-18-6-13-23(14-7-18)35(32,33)34-26-15-8-19-4-2-3-5-24(19)25(26)16-20(17-29)27(31)30-22-11-9-21(28)10-12-22/h2-16H,1H3,(H,30,31)/b20-16+. The number of amides is 1. The SMILES string of the molecule is Cc1ccc(S(=O)(=O)Oc2ccc3ccccc3c2/C=C(\C#N)C(=O)Nc2ccc(Cl)cc2)cc1. The van der Waals surface area contributed by atoms with E-state index in [0.717, 1.165) is 10.9 Å². The lowest BCUT2D eigenvalue weighted by Gasteiger charge is -2.13. The van der Waals surface area contributed by atoms with Gasteiger partial charge in [0.2, 0.25) is 0 Å². The molecule has 0 aliphatic heterocycles. The molecule has 0 unspecified atom stereocenters. The van der Waals surface area contributed by atoms with Crippen LogP contribution in [-0.2, 0) is 14.9 Å². The smallest absolute Gasteiger partial charge is 0.339 e. The number of fused-ring (bicyclic) bond motifs is 1. The minimum atomic E-state index is -4.16. The Morgan fingerprint density at radius 2 is 1.66 bits per heavy atom. The van der Waals surface area contributed by atoms with E-state index in [1.807, 2.05) is 25.1 Å². The van der Waals surface area contributed by atoms with Crippen LogP contribution in [0, 0.1) is 18.3 Å². The van der Waals surface area contributed by atoms with Crippen molar-refractivity contribution in [1.29, 1.82) is 5.26 Å². The highest BCUT2D eigenvalue weighted by atomic mass is 35.5. The Kier molecular flexibility index (Phi) is 6.87. The Morgan fingerprint density at radius 3 is 2.34 bits per heavy atom. The molecule has 0 radical (unpaired) electrons. The fourth-order valence-corrected chi connectivity index (χ4v) is 4.47. The van der Waals surface area contributed by atoms with Gasteiger partial charge in [0, 0.05) is 16.3 Å². The number of carbonyl (C=O) groups excluding carboxylic acids is 1. The Hall–Kier alpha value is -4.12. The number of hydrogen-bond acceptors (Lipinski definition) is 5. The van der Waals surface area contributed by atoms with Crippen molar-refractivity contribution < 1.29 is 17.4 Å². The summed E-state index contributed by atoms with van der Waals surface area (Å²) >= 11 is 5.88. The van der Waals surface area contributed by atoms with Gasteiger partial charge in [-0.05, 0) is 66.2 Å². The third-order valence-electron chi connectivity index (χ3n) is 5.20. The molecule has 0 atom stereocenters. The molecule has 0 saturated heterocycles. The molecular formula is C27H19ClN2O4S. The fourth-order valence-electron chi connectivity index (χ4n) is 3.39. The van der Waals surface area contributed by atoms with Crippen LogP contribution in [0.5, 0.6) is 5.75 Å². The summed E-state index contributed by atoms with van der Waals surface area (Å²) in [5, 5.41) is 14.3. The highest BCUT2D eigenvalue weighted by Gasteiger charge is 2.20. The first-order chi connectivity index (χ1) is 16.8. The van der Waals surface area contributed by atoms with Crippen LogP contribution in [-0.4, -0.2) is 14.3 Å². The number of rotatable bonds is 6. The van der Waals surface area contributed by atoms with Crippen LogP contribution < -0.4 is 9.50 Å². The number of nitrogens with zero attached hydrogens (tertiary/aromatic N) is 1. The fraction of sp³-hybridized carbons (Fsp3) is 0.0370. The van der Waals surface area contributed by atoms with Gasteiger partial charge in [-0.15, -0.1) is 0 Å². The van der Waals surface area contributed by atoms with Crippen LogP contribution in [0.4, 0.5) is 5.69 Å². The highest BCUT2D eigenvalue weighted by molar-refractivity contribution is 7.87. The number of nitriles is 1. The van der Waals surface area contributed by atoms with Gasteiger partial charge in [0.05, 0.1) is 0 Å². The van der Waals surface area contributed by atoms with E-state index in [4.69, 9.17) is 15.8 Å². The molecule has 4 aromatic rings. The molecule has 0 aromatic heterocycles. The minimum Gasteiger partial charge on any atom is -0.378 e. The second kappa shape index (κ2) is 10.0. The van der Waals surface area contributed by atoms with Crippen LogP contribution >= 0.6 is 11.6 Å². The van der Waals surface area contributed by atoms with Gasteiger partial charge in [-0.1, -0.05) is 59.6 Å². The van der Waals surface area contributed by atoms with Crippen molar-refractivity contribution in [3.63, 3.8) is 0 Å². The van der Waals surface area contributed by atoms with Gasteiger partial charge in [-0.2, -0.15) is 13.7 Å². The zero-order valence-corrected chi connectivity index (χ0v) is 20.1. The van der Waals surface area contributed by atoms with Crippen molar-refractivity contribution >= 4 is 50.2 Å². The number of hydrogen-bond donors (Lipinski definition) is 1. The predicted molar refractivity (Wildman–Crippen MR) is 137 cm³/mol. The molecule has 1 amide bonds. The molecule has 0 aliphatic carbocycles. The lowest BCUT2D eigenvalue weighted by molar-refractivity contribution is -0.112. The molecule has 4 rings (SSSR count). The lowest BCUT2D eigenvalue weighted by atomic mass is 10.0. The topological polar surface area (TPSA) is 96.3 Å². The predicted octanol–water partition coefficient (Wildman–Crippen LogP) is 6.12. The summed E-state index contributed by atoms with van der Waals surface area (Å²) in [7, 11) is -4.16. The first-order valence-electron chi connectivity index (χ1n) is 10.5. The second-order valence-corrected chi connectivity index (χ2v) is 9.66. The minimum absolute atomic E-state index is 0.00341. The van der Waals surface area contributed by atoms with Crippen LogP contribution in [0.25, 0.3) is 16.8 Å². The number of nitrogens with one attached hydrogen (secondary N) is 1. The molecule has 0 fully saturated rings. The van der Waals surface area contributed by atoms with Gasteiger partial charge < -0.3 is 9.50 Å². The van der Waals surface area contributed by atoms with Gasteiger partial charge in [-0.3, -0.25) is 4.79 Å². The Balaban J connectivity index is 1.77. The van der Waals surface area contributed by atoms with Gasteiger partial charge >= 0.3 is 10.1 Å². The van der Waals surface area contributed by atoms with Crippen molar-refractivity contribution in [3.05, 3.63) is 107 Å². The third-order valence-corrected chi connectivity index (χ3v) is 6.70. The molecule has 1 N–H and O–H groups in total. The number of carbonyl (C=O) groups is 1. The van der Waals surface area contributed by atoms with E-state index in [9.17, 15) is 18.5 Å². The lowest BCUT2D eigenvalue weighted by Crippen LogP contribution is -2.14. The number of anilines is 1. The number of halogens is 1. The van der Waals surface area contributed by atoms with Crippen LogP contribution in [0.2, 0.25) is 5.02 Å². The molecule has 0 saturated carbocycles. The van der Waals surface area contributed by atoms with Crippen LogP contribution in [0.15, 0.2) is 95.4 Å². The van der Waals surface area contributed by atoms with Gasteiger partial charge in [0.1, 0.15) is 16.5 Å². The van der Waals surface area contributed by atoms with Crippen molar-refractivity contribution in [2.45, 2.75) is 11.8 Å². The number of benzene rings is 4. The van der Waals surface area contributed by atoms with Crippen molar-refractivity contribution in [3.8, 4) is 11.8 Å². The molecule has 0 spiro atoms. The van der Waals surface area contributed by atoms with E-state index in [1.54, 1.807) is 54.6 Å². The summed E-state index contributed by atoms with van der Waals surface area (Å²) in [5.74, 6) is -0.661. The Labute approximate surface area is 208 Å². The van der Waals surface area contributed by atoms with E-state index in [-0.39, 0.29) is 16.2 Å². The molecule has 8 heteroatoms. The molecule has 6 nitrogen and oxygen atoms in total. The van der Waals surface area contributed by atoms with Crippen LogP contribution in [0.3, 0.4) is 0 Å². The maximum absolute atomic E-state index is 13.0. The first kappa shape index (κ1) is 24.0. The largest absolute Gasteiger partial charge is 0.378 e. The molecule has 0 bridgehead atoms. The Bertz CT molecular complexity index is 1590. The van der Waals surface area contributed by atoms with E-state index in [1.165, 1.54) is 24.3 Å². The van der Waals surface area contributed by atoms with Gasteiger partial charge in [0.15, 0.2) is 5.75 Å². The van der Waals surface area contributed by atoms with E-state index in [2.05, 4.69) is 5.32 Å². The summed E-state index contributed by atoms with van der Waals surface area (Å²) in [4.78, 5) is 12.8. The number of aryl methyl sites for hydroxylation is 1. The summed E-state index contributed by atoms with van der Waals surface area (Å²) < 4.78 is 31.4. The van der Waals surface area contributed by atoms with Crippen molar-refractivity contribution in [2.75, 3.05) is 5.32 Å². The summed E-state index contributed by atoms with van der Waals surface area (Å²) in [6.07, 6.45) is 1.33. The first-order valence-corrected chi connectivity index (χ1v) is 12.3. The molecular weight excluding hydrogens is 484 g/mol. The van der Waals surface area contributed by atoms with Gasteiger partial charge in [-0.25, -0.2) is 0 Å². The van der Waals surface area contributed by atoms with E-state index in [0.29, 0.717) is 21.7 Å². The summed E-state index contributed by atoms with van der Waals surface area (Å²) in [6.45, 7) is 1.85. The maximum atomic E-state index is 13.0. The van der Waals surface area contributed by atoms with Crippen LogP contribution in [0.1, 0.15) is 11.1 Å². The zero-order chi connectivity index (χ0) is 25.0. The highest BCUT2D eigenvalue weighted by Crippen LogP contribution is 2.32. The third kappa shape index (κ3) is 5.52. The quantitative estimate of drug-likeness (QED) is 0.195. The maximum Gasteiger partial charge on any atom is 0.339 e. The molecule has 35 heavy (non-hydrogen) atoms. The van der Waals surface area contributed by atoms with E-state index >= 15 is 0 Å². The average molecular weight is 503 g/mol. The molecule has 0 aliphatic rings. The van der Waals surface area contributed by atoms with Crippen molar-refractivity contribution in [2.24, 2.45) is 0 Å². The second-order valence-electron chi connectivity index (χ2n) is 7.68. The Morgan fingerprint density at radius 1 is 0.971 bits per heavy atom. The van der Waals surface area contributed by atoms with Crippen molar-refractivity contribution in [1.82, 2.24) is 0 Å². The normalized spacial score (nSPS) is 11.6. The monoisotopic (exact) mass is 502 g/mol. The molecule has 0 heterocycles. The zero-order valence-electron chi connectivity index (χ0n) is 18.5. The summed E-state index contributed by atoms with van der Waals surface area (Å²) in [6, 6.07) is 25.0. The van der Waals surface area contributed by atoms with Gasteiger partial charge in [0.25, 0.3) is 5.91 Å².